The Morgan fingerprint density at radius 3 is 2.50 bits per heavy atom. The van der Waals surface area contributed by atoms with E-state index in [1.807, 2.05) is 41.9 Å². The number of nitrogens with one attached hydrogen (secondary N) is 1. The van der Waals surface area contributed by atoms with Crippen LogP contribution in [0, 0.1) is 5.92 Å². The highest BCUT2D eigenvalue weighted by Gasteiger charge is 2.27. The minimum atomic E-state index is -3.76. The van der Waals surface area contributed by atoms with Gasteiger partial charge in [0.15, 0.2) is 11.0 Å². The third-order valence-corrected chi connectivity index (χ3v) is 8.02. The van der Waals surface area contributed by atoms with E-state index in [1.54, 1.807) is 23.9 Å². The molecule has 1 heterocycles. The average molecular weight is 463 g/mol. The van der Waals surface area contributed by atoms with Crippen molar-refractivity contribution in [3.8, 4) is 0 Å². The standard InChI is InChI=1S/C21H23ClN4O2S2/c1-26-20(23-24-21(26)29-14-16-7-8-16)19(13-15-5-3-2-4-6-15)25-30(27,28)18-11-9-17(22)10-12-18/h2-6,9-12,16,19,25H,7-8,13-14H2,1H3/t19-/m1/s1. The van der Waals surface area contributed by atoms with Crippen LogP contribution in [0.15, 0.2) is 64.6 Å². The molecule has 6 nitrogen and oxygen atoms in total. The summed E-state index contributed by atoms with van der Waals surface area (Å²) in [6.07, 6.45) is 3.01. The van der Waals surface area contributed by atoms with Crippen molar-refractivity contribution in [2.75, 3.05) is 5.75 Å². The SMILES string of the molecule is Cn1c(SCC2CC2)nnc1[C@@H](Cc1ccccc1)NS(=O)(=O)c1ccc(Cl)cc1. The van der Waals surface area contributed by atoms with E-state index in [4.69, 9.17) is 11.6 Å². The molecule has 1 saturated carbocycles. The second-order valence-corrected chi connectivity index (χ2v) is 10.6. The molecular formula is C21H23ClN4O2S2. The van der Waals surface area contributed by atoms with E-state index >= 15 is 0 Å². The number of thioether (sulfide) groups is 1. The molecule has 4 rings (SSSR count). The van der Waals surface area contributed by atoms with Crippen LogP contribution in [0.25, 0.3) is 0 Å². The zero-order chi connectivity index (χ0) is 21.1. The van der Waals surface area contributed by atoms with Crippen LogP contribution in [-0.2, 0) is 23.5 Å². The van der Waals surface area contributed by atoms with E-state index in [1.165, 1.54) is 25.0 Å². The van der Waals surface area contributed by atoms with Crippen molar-refractivity contribution in [1.82, 2.24) is 19.5 Å². The molecule has 30 heavy (non-hydrogen) atoms. The molecule has 1 fully saturated rings. The van der Waals surface area contributed by atoms with Crippen molar-refractivity contribution in [1.29, 1.82) is 0 Å². The van der Waals surface area contributed by atoms with E-state index in [0.29, 0.717) is 17.3 Å². The number of hydrogen-bond donors (Lipinski definition) is 1. The molecule has 3 aromatic rings. The summed E-state index contributed by atoms with van der Waals surface area (Å²) in [7, 11) is -1.88. The number of halogens is 1. The zero-order valence-corrected chi connectivity index (χ0v) is 18.9. The lowest BCUT2D eigenvalue weighted by atomic mass is 10.1. The van der Waals surface area contributed by atoms with Gasteiger partial charge in [0, 0.05) is 17.8 Å². The highest BCUT2D eigenvalue weighted by atomic mass is 35.5. The Labute approximate surface area is 186 Å². The van der Waals surface area contributed by atoms with Gasteiger partial charge < -0.3 is 4.57 Å². The molecule has 0 saturated heterocycles. The van der Waals surface area contributed by atoms with E-state index < -0.39 is 16.1 Å². The fourth-order valence-corrected chi connectivity index (χ4v) is 5.56. The molecule has 1 aliphatic rings. The van der Waals surface area contributed by atoms with Gasteiger partial charge in [-0.05, 0) is 55.0 Å². The van der Waals surface area contributed by atoms with Crippen molar-refractivity contribution in [2.45, 2.75) is 35.4 Å². The van der Waals surface area contributed by atoms with Gasteiger partial charge in [0.05, 0.1) is 10.9 Å². The van der Waals surface area contributed by atoms with Gasteiger partial charge in [-0.3, -0.25) is 0 Å². The summed E-state index contributed by atoms with van der Waals surface area (Å²) in [6, 6.07) is 15.3. The Morgan fingerprint density at radius 1 is 1.13 bits per heavy atom. The van der Waals surface area contributed by atoms with Crippen LogP contribution in [0.3, 0.4) is 0 Å². The lowest BCUT2D eigenvalue weighted by Crippen LogP contribution is -2.32. The first-order chi connectivity index (χ1) is 14.4. The molecule has 1 aliphatic carbocycles. The first kappa shape index (κ1) is 21.4. The van der Waals surface area contributed by atoms with Crippen LogP contribution < -0.4 is 4.72 Å². The maximum Gasteiger partial charge on any atom is 0.241 e. The van der Waals surface area contributed by atoms with E-state index in [-0.39, 0.29) is 4.90 Å². The molecule has 0 unspecified atom stereocenters. The Bertz CT molecular complexity index is 1100. The van der Waals surface area contributed by atoms with Gasteiger partial charge >= 0.3 is 0 Å². The lowest BCUT2D eigenvalue weighted by Gasteiger charge is -2.19. The minimum Gasteiger partial charge on any atom is -0.308 e. The third kappa shape index (κ3) is 5.24. The third-order valence-electron chi connectivity index (χ3n) is 5.03. The van der Waals surface area contributed by atoms with Gasteiger partial charge in [0.25, 0.3) is 0 Å². The van der Waals surface area contributed by atoms with Crippen molar-refractivity contribution in [3.63, 3.8) is 0 Å². The molecule has 1 N–H and O–H groups in total. The largest absolute Gasteiger partial charge is 0.308 e. The van der Waals surface area contributed by atoms with Gasteiger partial charge in [-0.1, -0.05) is 53.7 Å². The first-order valence-corrected chi connectivity index (χ1v) is 12.6. The Balaban J connectivity index is 1.61. The molecule has 0 aliphatic heterocycles. The molecule has 0 bridgehead atoms. The summed E-state index contributed by atoms with van der Waals surface area (Å²) in [6.45, 7) is 0. The van der Waals surface area contributed by atoms with Gasteiger partial charge in [-0.15, -0.1) is 10.2 Å². The second kappa shape index (κ2) is 9.09. The van der Waals surface area contributed by atoms with Crippen LogP contribution in [0.1, 0.15) is 30.3 Å². The molecule has 158 valence electrons. The molecule has 0 radical (unpaired) electrons. The van der Waals surface area contributed by atoms with Crippen molar-refractivity contribution in [3.05, 3.63) is 71.0 Å². The molecular weight excluding hydrogens is 440 g/mol. The minimum absolute atomic E-state index is 0.162. The van der Waals surface area contributed by atoms with Gasteiger partial charge in [-0.2, -0.15) is 0 Å². The van der Waals surface area contributed by atoms with Crippen molar-refractivity contribution in [2.24, 2.45) is 13.0 Å². The summed E-state index contributed by atoms with van der Waals surface area (Å²) >= 11 is 7.59. The number of hydrogen-bond acceptors (Lipinski definition) is 5. The van der Waals surface area contributed by atoms with Crippen LogP contribution in [0.5, 0.6) is 0 Å². The quantitative estimate of drug-likeness (QED) is 0.481. The Hall–Kier alpha value is -1.87. The molecule has 0 spiro atoms. The number of nitrogens with zero attached hydrogens (tertiary/aromatic N) is 3. The lowest BCUT2D eigenvalue weighted by molar-refractivity contribution is 0.530. The van der Waals surface area contributed by atoms with Crippen molar-refractivity contribution < 1.29 is 8.42 Å². The fraction of sp³-hybridized carbons (Fsp3) is 0.333. The number of benzene rings is 2. The van der Waals surface area contributed by atoms with Crippen LogP contribution in [0.4, 0.5) is 0 Å². The zero-order valence-electron chi connectivity index (χ0n) is 16.5. The van der Waals surface area contributed by atoms with E-state index in [2.05, 4.69) is 14.9 Å². The summed E-state index contributed by atoms with van der Waals surface area (Å²) in [5.41, 5.74) is 1.01. The summed E-state index contributed by atoms with van der Waals surface area (Å²) in [5, 5.41) is 9.96. The highest BCUT2D eigenvalue weighted by molar-refractivity contribution is 7.99. The second-order valence-electron chi connectivity index (χ2n) is 7.47. The predicted molar refractivity (Wildman–Crippen MR) is 119 cm³/mol. The Kier molecular flexibility index (Phi) is 6.48. The monoisotopic (exact) mass is 462 g/mol. The molecule has 2 aromatic carbocycles. The maximum absolute atomic E-state index is 13.0. The number of aromatic nitrogens is 3. The smallest absolute Gasteiger partial charge is 0.241 e. The van der Waals surface area contributed by atoms with Crippen LogP contribution >= 0.6 is 23.4 Å². The van der Waals surface area contributed by atoms with Crippen LogP contribution in [-0.4, -0.2) is 28.9 Å². The summed E-state index contributed by atoms with van der Waals surface area (Å²) in [4.78, 5) is 0.162. The molecule has 1 atom stereocenters. The fourth-order valence-electron chi connectivity index (χ4n) is 3.14. The van der Waals surface area contributed by atoms with Crippen molar-refractivity contribution >= 4 is 33.4 Å². The molecule has 1 aromatic heterocycles. The van der Waals surface area contributed by atoms with Gasteiger partial charge in [0.1, 0.15) is 0 Å². The summed E-state index contributed by atoms with van der Waals surface area (Å²) < 4.78 is 30.8. The molecule has 0 amide bonds. The normalized spacial score (nSPS) is 15.3. The molecule has 9 heteroatoms. The average Bonchev–Trinajstić information content (AvgIpc) is 3.48. The topological polar surface area (TPSA) is 76.9 Å². The highest BCUT2D eigenvalue weighted by Crippen LogP contribution is 2.35. The Morgan fingerprint density at radius 2 is 1.83 bits per heavy atom. The van der Waals surface area contributed by atoms with Gasteiger partial charge in [-0.25, -0.2) is 13.1 Å². The van der Waals surface area contributed by atoms with Gasteiger partial charge in [0.2, 0.25) is 10.0 Å². The number of rotatable bonds is 9. The van der Waals surface area contributed by atoms with E-state index in [0.717, 1.165) is 22.4 Å². The van der Waals surface area contributed by atoms with E-state index in [9.17, 15) is 8.42 Å². The maximum atomic E-state index is 13.0. The predicted octanol–water partition coefficient (Wildman–Crippen LogP) is 4.23. The summed E-state index contributed by atoms with van der Waals surface area (Å²) in [5.74, 6) is 2.37. The van der Waals surface area contributed by atoms with Crippen LogP contribution in [0.2, 0.25) is 5.02 Å². The first-order valence-electron chi connectivity index (χ1n) is 9.76. The number of sulfonamides is 1.